The molecule has 0 aliphatic rings. The number of quaternary nitrogens is 1. The number of non-ortho nitro benzene ring substituents is 1. The summed E-state index contributed by atoms with van der Waals surface area (Å²) in [7, 11) is 1.45. The summed E-state index contributed by atoms with van der Waals surface area (Å²) in [6.07, 6.45) is 0. The number of nitro groups is 1. The van der Waals surface area contributed by atoms with Crippen molar-refractivity contribution < 1.29 is 15.4 Å². The Morgan fingerprint density at radius 2 is 2.25 bits per heavy atom. The standard InChI is InChI=1S/C7H8N2O3/c1-12-7-4-5(9(10)11)2-3-6(7)8/h2-4H,8H2,1H3/p+1. The van der Waals surface area contributed by atoms with E-state index < -0.39 is 4.92 Å². The van der Waals surface area contributed by atoms with E-state index in [1.807, 2.05) is 0 Å². The zero-order valence-electron chi connectivity index (χ0n) is 6.61. The molecule has 5 nitrogen and oxygen atoms in total. The van der Waals surface area contributed by atoms with E-state index in [4.69, 9.17) is 4.74 Å². The van der Waals surface area contributed by atoms with Crippen LogP contribution in [-0.2, 0) is 0 Å². The lowest BCUT2D eigenvalue weighted by molar-refractivity contribution is -0.385. The highest BCUT2D eigenvalue weighted by atomic mass is 16.6. The van der Waals surface area contributed by atoms with Gasteiger partial charge >= 0.3 is 0 Å². The normalized spacial score (nSPS) is 9.50. The zero-order chi connectivity index (χ0) is 9.14. The van der Waals surface area contributed by atoms with Gasteiger partial charge in [-0.2, -0.15) is 0 Å². The number of methoxy groups -OCH3 is 1. The Hall–Kier alpha value is -1.62. The first-order chi connectivity index (χ1) is 5.65. The van der Waals surface area contributed by atoms with E-state index in [1.54, 1.807) is 6.07 Å². The highest BCUT2D eigenvalue weighted by Crippen LogP contribution is 2.24. The third-order valence-corrected chi connectivity index (χ3v) is 1.48. The minimum atomic E-state index is -0.470. The van der Waals surface area contributed by atoms with E-state index in [9.17, 15) is 10.1 Å². The van der Waals surface area contributed by atoms with Crippen molar-refractivity contribution in [3.8, 4) is 5.75 Å². The molecule has 0 radical (unpaired) electrons. The van der Waals surface area contributed by atoms with Gasteiger partial charge in [0.25, 0.3) is 5.69 Å². The van der Waals surface area contributed by atoms with Crippen molar-refractivity contribution in [1.82, 2.24) is 0 Å². The summed E-state index contributed by atoms with van der Waals surface area (Å²) in [6, 6.07) is 4.30. The maximum atomic E-state index is 10.3. The van der Waals surface area contributed by atoms with Gasteiger partial charge in [-0.15, -0.1) is 0 Å². The van der Waals surface area contributed by atoms with Crippen LogP contribution < -0.4 is 10.5 Å². The molecule has 0 unspecified atom stereocenters. The van der Waals surface area contributed by atoms with Crippen LogP contribution in [0.3, 0.4) is 0 Å². The lowest BCUT2D eigenvalue weighted by Gasteiger charge is -1.99. The van der Waals surface area contributed by atoms with Crippen LogP contribution in [0.1, 0.15) is 0 Å². The van der Waals surface area contributed by atoms with E-state index >= 15 is 0 Å². The summed E-state index contributed by atoms with van der Waals surface area (Å²) < 4.78 is 4.87. The summed E-state index contributed by atoms with van der Waals surface area (Å²) in [6.45, 7) is 0. The van der Waals surface area contributed by atoms with Crippen molar-refractivity contribution in [3.05, 3.63) is 28.3 Å². The fourth-order valence-electron chi connectivity index (χ4n) is 0.847. The second-order valence-electron chi connectivity index (χ2n) is 2.25. The van der Waals surface area contributed by atoms with Gasteiger partial charge in [0, 0.05) is 12.1 Å². The second-order valence-corrected chi connectivity index (χ2v) is 2.25. The lowest BCUT2D eigenvalue weighted by Crippen LogP contribution is -2.40. The van der Waals surface area contributed by atoms with E-state index in [2.05, 4.69) is 5.73 Å². The number of benzene rings is 1. The molecule has 0 aliphatic carbocycles. The molecule has 0 saturated heterocycles. The second kappa shape index (κ2) is 3.19. The molecule has 0 bridgehead atoms. The minimum Gasteiger partial charge on any atom is -0.491 e. The van der Waals surface area contributed by atoms with Gasteiger partial charge in [0.05, 0.1) is 18.1 Å². The van der Waals surface area contributed by atoms with Crippen LogP contribution in [0.15, 0.2) is 18.2 Å². The first-order valence-corrected chi connectivity index (χ1v) is 3.29. The minimum absolute atomic E-state index is 0.0132. The first kappa shape index (κ1) is 8.48. The highest BCUT2D eigenvalue weighted by Gasteiger charge is 2.10. The van der Waals surface area contributed by atoms with Crippen LogP contribution in [-0.4, -0.2) is 12.0 Å². The van der Waals surface area contributed by atoms with Crippen LogP contribution in [0, 0.1) is 10.1 Å². The molecule has 0 fully saturated rings. The van der Waals surface area contributed by atoms with Crippen LogP contribution in [0.4, 0.5) is 11.4 Å². The van der Waals surface area contributed by atoms with E-state index in [1.165, 1.54) is 19.2 Å². The Morgan fingerprint density at radius 3 is 2.75 bits per heavy atom. The van der Waals surface area contributed by atoms with Gasteiger partial charge < -0.3 is 10.5 Å². The van der Waals surface area contributed by atoms with Crippen LogP contribution >= 0.6 is 0 Å². The molecule has 1 aromatic carbocycles. The van der Waals surface area contributed by atoms with Gasteiger partial charge in [0.15, 0.2) is 11.4 Å². The molecule has 0 aliphatic heterocycles. The van der Waals surface area contributed by atoms with Crippen molar-refractivity contribution in [3.63, 3.8) is 0 Å². The quantitative estimate of drug-likeness (QED) is 0.516. The predicted molar refractivity (Wildman–Crippen MR) is 42.2 cm³/mol. The summed E-state index contributed by atoms with van der Waals surface area (Å²) in [5, 5.41) is 10.3. The van der Waals surface area contributed by atoms with Gasteiger partial charge in [-0.25, -0.2) is 0 Å². The molecule has 0 saturated carbocycles. The topological polar surface area (TPSA) is 80.0 Å². The Balaban J connectivity index is 3.13. The Labute approximate surface area is 68.9 Å². The molecule has 1 rings (SSSR count). The molecule has 0 amide bonds. The molecular weight excluding hydrogens is 160 g/mol. The van der Waals surface area contributed by atoms with Gasteiger partial charge in [0.2, 0.25) is 0 Å². The number of nitrogens with zero attached hydrogens (tertiary/aromatic N) is 1. The summed E-state index contributed by atoms with van der Waals surface area (Å²) in [5.41, 5.74) is 4.30. The fourth-order valence-corrected chi connectivity index (χ4v) is 0.847. The van der Waals surface area contributed by atoms with E-state index in [0.717, 1.165) is 0 Å². The number of nitro benzene ring substituents is 1. The SMILES string of the molecule is COc1cc([N+](=O)[O-])ccc1[NH3+]. The molecule has 5 heteroatoms. The third kappa shape index (κ3) is 1.51. The molecule has 1 aromatic rings. The van der Waals surface area contributed by atoms with Crippen LogP contribution in [0.5, 0.6) is 5.75 Å². The van der Waals surface area contributed by atoms with Crippen molar-refractivity contribution in [2.24, 2.45) is 0 Å². The molecule has 0 heterocycles. The van der Waals surface area contributed by atoms with Gasteiger partial charge in [-0.05, 0) is 0 Å². The molecule has 0 aromatic heterocycles. The molecule has 12 heavy (non-hydrogen) atoms. The van der Waals surface area contributed by atoms with Gasteiger partial charge in [0.1, 0.15) is 0 Å². The first-order valence-electron chi connectivity index (χ1n) is 3.29. The summed E-state index contributed by atoms with van der Waals surface area (Å²) in [5.74, 6) is 0.434. The Bertz CT molecular complexity index is 312. The molecule has 3 N–H and O–H groups in total. The van der Waals surface area contributed by atoms with Crippen molar-refractivity contribution in [1.29, 1.82) is 0 Å². The highest BCUT2D eigenvalue weighted by molar-refractivity contribution is 5.51. The van der Waals surface area contributed by atoms with Crippen molar-refractivity contribution >= 4 is 11.4 Å². The fraction of sp³-hybridized carbons (Fsp3) is 0.143. The van der Waals surface area contributed by atoms with E-state index in [0.29, 0.717) is 11.4 Å². The van der Waals surface area contributed by atoms with Crippen molar-refractivity contribution in [2.45, 2.75) is 0 Å². The summed E-state index contributed by atoms with van der Waals surface area (Å²) >= 11 is 0. The smallest absolute Gasteiger partial charge is 0.273 e. The number of ether oxygens (including phenoxy) is 1. The average molecular weight is 169 g/mol. The predicted octanol–water partition coefficient (Wildman–Crippen LogP) is 0.477. The largest absolute Gasteiger partial charge is 0.491 e. The molecule has 0 atom stereocenters. The molecule has 64 valence electrons. The molecular formula is C7H9N2O3+. The van der Waals surface area contributed by atoms with Gasteiger partial charge in [-0.3, -0.25) is 10.1 Å². The monoisotopic (exact) mass is 169 g/mol. The van der Waals surface area contributed by atoms with E-state index in [-0.39, 0.29) is 5.69 Å². The zero-order valence-corrected chi connectivity index (χ0v) is 6.61. The number of rotatable bonds is 2. The van der Waals surface area contributed by atoms with Crippen molar-refractivity contribution in [2.75, 3.05) is 7.11 Å². The van der Waals surface area contributed by atoms with Crippen LogP contribution in [0.2, 0.25) is 0 Å². The Morgan fingerprint density at radius 1 is 1.58 bits per heavy atom. The lowest BCUT2D eigenvalue weighted by atomic mass is 10.2. The molecule has 0 spiro atoms. The maximum absolute atomic E-state index is 10.3. The van der Waals surface area contributed by atoms with Crippen LogP contribution in [0.25, 0.3) is 0 Å². The number of hydrogen-bond acceptors (Lipinski definition) is 3. The summed E-state index contributed by atoms with van der Waals surface area (Å²) in [4.78, 5) is 9.84. The third-order valence-electron chi connectivity index (χ3n) is 1.48. The Kier molecular flexibility index (Phi) is 2.25. The maximum Gasteiger partial charge on any atom is 0.273 e. The average Bonchev–Trinajstić information content (AvgIpc) is 2.05. The van der Waals surface area contributed by atoms with Gasteiger partial charge in [-0.1, -0.05) is 0 Å². The number of hydrogen-bond donors (Lipinski definition) is 1.